The van der Waals surface area contributed by atoms with E-state index in [0.29, 0.717) is 11.8 Å². The Balaban J connectivity index is 2.16. The number of piperazine rings is 1. The lowest BCUT2D eigenvalue weighted by Gasteiger charge is -2.48. The highest BCUT2D eigenvalue weighted by Crippen LogP contribution is 2.27. The molecule has 0 amide bonds. The number of methoxy groups -OCH3 is 1. The topological polar surface area (TPSA) is 24.5 Å². The van der Waals surface area contributed by atoms with Gasteiger partial charge in [-0.1, -0.05) is 19.9 Å². The largest absolute Gasteiger partial charge is 0.494 e. The van der Waals surface area contributed by atoms with Crippen molar-refractivity contribution in [2.45, 2.75) is 51.7 Å². The van der Waals surface area contributed by atoms with Gasteiger partial charge in [0.25, 0.3) is 0 Å². The zero-order valence-corrected chi connectivity index (χ0v) is 13.6. The Kier molecular flexibility index (Phi) is 5.22. The van der Waals surface area contributed by atoms with Gasteiger partial charge in [-0.15, -0.1) is 0 Å². The number of nitrogens with zero attached hydrogens (tertiary/aromatic N) is 1. The number of hydrogen-bond acceptors (Lipinski definition) is 3. The minimum atomic E-state index is -0.282. The Morgan fingerprint density at radius 3 is 2.76 bits per heavy atom. The third kappa shape index (κ3) is 3.55. The van der Waals surface area contributed by atoms with Crippen molar-refractivity contribution in [1.29, 1.82) is 0 Å². The summed E-state index contributed by atoms with van der Waals surface area (Å²) in [6, 6.07) is 5.79. The van der Waals surface area contributed by atoms with Crippen LogP contribution in [0.4, 0.5) is 4.39 Å². The molecular formula is C17H27FN2O. The van der Waals surface area contributed by atoms with Crippen LogP contribution < -0.4 is 10.1 Å². The SMILES string of the molecule is CCC1CN(Cc2ccc(OC)c(F)c2)C(C)(CC)CN1. The molecule has 0 saturated carbocycles. The molecule has 4 heteroatoms. The lowest BCUT2D eigenvalue weighted by Crippen LogP contribution is -2.62. The van der Waals surface area contributed by atoms with Gasteiger partial charge in [-0.25, -0.2) is 4.39 Å². The van der Waals surface area contributed by atoms with E-state index in [-0.39, 0.29) is 11.4 Å². The molecule has 0 aliphatic carbocycles. The van der Waals surface area contributed by atoms with E-state index < -0.39 is 0 Å². The lowest BCUT2D eigenvalue weighted by atomic mass is 9.91. The molecule has 1 saturated heterocycles. The number of hydrogen-bond donors (Lipinski definition) is 1. The second-order valence-corrected chi connectivity index (χ2v) is 6.19. The van der Waals surface area contributed by atoms with Gasteiger partial charge in [0.2, 0.25) is 0 Å². The average molecular weight is 294 g/mol. The van der Waals surface area contributed by atoms with Crippen LogP contribution in [0.15, 0.2) is 18.2 Å². The van der Waals surface area contributed by atoms with Crippen LogP contribution in [0.5, 0.6) is 5.75 Å². The van der Waals surface area contributed by atoms with Crippen LogP contribution in [0.2, 0.25) is 0 Å². The molecule has 118 valence electrons. The number of rotatable bonds is 5. The van der Waals surface area contributed by atoms with Gasteiger partial charge >= 0.3 is 0 Å². The monoisotopic (exact) mass is 294 g/mol. The van der Waals surface area contributed by atoms with Crippen LogP contribution in [-0.2, 0) is 6.54 Å². The van der Waals surface area contributed by atoms with Crippen molar-refractivity contribution in [1.82, 2.24) is 10.2 Å². The third-order valence-corrected chi connectivity index (χ3v) is 4.82. The summed E-state index contributed by atoms with van der Waals surface area (Å²) in [5, 5.41) is 3.62. The Morgan fingerprint density at radius 1 is 1.43 bits per heavy atom. The van der Waals surface area contributed by atoms with Crippen LogP contribution >= 0.6 is 0 Å². The highest BCUT2D eigenvalue weighted by molar-refractivity contribution is 5.29. The Labute approximate surface area is 127 Å². The molecule has 1 fully saturated rings. The minimum Gasteiger partial charge on any atom is -0.494 e. The Hall–Kier alpha value is -1.13. The van der Waals surface area contributed by atoms with Crippen LogP contribution in [0, 0.1) is 5.82 Å². The summed E-state index contributed by atoms with van der Waals surface area (Å²) >= 11 is 0. The van der Waals surface area contributed by atoms with Crippen molar-refractivity contribution < 1.29 is 9.13 Å². The predicted octanol–water partition coefficient (Wildman–Crippen LogP) is 3.19. The number of benzene rings is 1. The van der Waals surface area contributed by atoms with Crippen molar-refractivity contribution in [3.05, 3.63) is 29.6 Å². The highest BCUT2D eigenvalue weighted by atomic mass is 19.1. The summed E-state index contributed by atoms with van der Waals surface area (Å²) in [4.78, 5) is 2.49. The molecule has 2 rings (SSSR count). The normalized spacial score (nSPS) is 26.8. The number of ether oxygens (including phenoxy) is 1. The van der Waals surface area contributed by atoms with E-state index in [1.54, 1.807) is 12.1 Å². The maximum absolute atomic E-state index is 13.9. The minimum absolute atomic E-state index is 0.127. The van der Waals surface area contributed by atoms with E-state index in [4.69, 9.17) is 4.74 Å². The molecule has 2 atom stereocenters. The van der Waals surface area contributed by atoms with E-state index in [1.807, 2.05) is 6.07 Å². The zero-order valence-electron chi connectivity index (χ0n) is 13.6. The summed E-state index contributed by atoms with van der Waals surface area (Å²) < 4.78 is 18.9. The van der Waals surface area contributed by atoms with Gasteiger partial charge in [-0.3, -0.25) is 4.90 Å². The molecule has 0 spiro atoms. The van der Waals surface area contributed by atoms with E-state index in [9.17, 15) is 4.39 Å². The fourth-order valence-corrected chi connectivity index (χ4v) is 2.93. The molecule has 21 heavy (non-hydrogen) atoms. The number of nitrogens with one attached hydrogen (secondary N) is 1. The molecule has 1 aromatic rings. The molecule has 0 radical (unpaired) electrons. The molecule has 1 aromatic carbocycles. The Morgan fingerprint density at radius 2 is 2.19 bits per heavy atom. The second kappa shape index (κ2) is 6.75. The first-order valence-electron chi connectivity index (χ1n) is 7.83. The van der Waals surface area contributed by atoms with Gasteiger partial charge in [-0.2, -0.15) is 0 Å². The van der Waals surface area contributed by atoms with Crippen LogP contribution in [0.1, 0.15) is 39.2 Å². The first kappa shape index (κ1) is 16.2. The van der Waals surface area contributed by atoms with Crippen molar-refractivity contribution in [3.8, 4) is 5.75 Å². The van der Waals surface area contributed by atoms with Crippen molar-refractivity contribution in [3.63, 3.8) is 0 Å². The smallest absolute Gasteiger partial charge is 0.165 e. The van der Waals surface area contributed by atoms with Gasteiger partial charge in [0.15, 0.2) is 11.6 Å². The summed E-state index contributed by atoms with van der Waals surface area (Å²) in [7, 11) is 1.49. The summed E-state index contributed by atoms with van der Waals surface area (Å²) in [6.45, 7) is 9.48. The molecular weight excluding hydrogens is 267 g/mol. The first-order valence-corrected chi connectivity index (χ1v) is 7.83. The van der Waals surface area contributed by atoms with Gasteiger partial charge in [0.1, 0.15) is 0 Å². The molecule has 2 unspecified atom stereocenters. The summed E-state index contributed by atoms with van der Waals surface area (Å²) in [5.41, 5.74) is 1.13. The van der Waals surface area contributed by atoms with E-state index in [2.05, 4.69) is 31.0 Å². The summed E-state index contributed by atoms with van der Waals surface area (Å²) in [5.74, 6) is 0.0270. The summed E-state index contributed by atoms with van der Waals surface area (Å²) in [6.07, 6.45) is 2.20. The standard InChI is InChI=1S/C17H27FN2O/c1-5-14-11-20(17(3,6-2)12-19-14)10-13-7-8-16(21-4)15(18)9-13/h7-9,14,19H,5-6,10-12H2,1-4H3. The predicted molar refractivity (Wildman–Crippen MR) is 84.1 cm³/mol. The number of halogens is 1. The van der Waals surface area contributed by atoms with Crippen LogP contribution in [0.25, 0.3) is 0 Å². The lowest BCUT2D eigenvalue weighted by molar-refractivity contribution is 0.0407. The van der Waals surface area contributed by atoms with Crippen LogP contribution in [0.3, 0.4) is 0 Å². The van der Waals surface area contributed by atoms with E-state index in [1.165, 1.54) is 7.11 Å². The molecule has 1 N–H and O–H groups in total. The van der Waals surface area contributed by atoms with E-state index >= 15 is 0 Å². The van der Waals surface area contributed by atoms with Crippen molar-refractivity contribution >= 4 is 0 Å². The van der Waals surface area contributed by atoms with Gasteiger partial charge < -0.3 is 10.1 Å². The van der Waals surface area contributed by atoms with Crippen molar-refractivity contribution in [2.24, 2.45) is 0 Å². The van der Waals surface area contributed by atoms with Crippen molar-refractivity contribution in [2.75, 3.05) is 20.2 Å². The fraction of sp³-hybridized carbons (Fsp3) is 0.647. The maximum atomic E-state index is 13.9. The quantitative estimate of drug-likeness (QED) is 0.902. The first-order chi connectivity index (χ1) is 10.0. The third-order valence-electron chi connectivity index (χ3n) is 4.82. The molecule has 0 bridgehead atoms. The zero-order chi connectivity index (χ0) is 15.5. The molecule has 1 aliphatic heterocycles. The molecule has 3 nitrogen and oxygen atoms in total. The van der Waals surface area contributed by atoms with Crippen LogP contribution in [-0.4, -0.2) is 36.7 Å². The van der Waals surface area contributed by atoms with Gasteiger partial charge in [0.05, 0.1) is 7.11 Å². The molecule has 0 aromatic heterocycles. The second-order valence-electron chi connectivity index (χ2n) is 6.19. The Bertz CT molecular complexity index is 480. The van der Waals surface area contributed by atoms with E-state index in [0.717, 1.165) is 38.0 Å². The highest BCUT2D eigenvalue weighted by Gasteiger charge is 2.35. The fourth-order valence-electron chi connectivity index (χ4n) is 2.93. The average Bonchev–Trinajstić information content (AvgIpc) is 2.50. The molecule has 1 aliphatic rings. The molecule has 1 heterocycles. The van der Waals surface area contributed by atoms with Gasteiger partial charge in [-0.05, 0) is 37.5 Å². The van der Waals surface area contributed by atoms with Gasteiger partial charge in [0, 0.05) is 31.2 Å². The maximum Gasteiger partial charge on any atom is 0.165 e.